The second-order valence-electron chi connectivity index (χ2n) is 6.01. The van der Waals surface area contributed by atoms with Gasteiger partial charge in [-0.25, -0.2) is 9.18 Å². The van der Waals surface area contributed by atoms with E-state index in [1.807, 2.05) is 13.8 Å². The molecule has 0 saturated carbocycles. The SMILES string of the molecule is C[C@@H]1CN(C(=O)NCCCNC(=O)c2ccc(F)cc2)C[C@H](C)O1. The zero-order chi connectivity index (χ0) is 17.5. The minimum Gasteiger partial charge on any atom is -0.372 e. The molecule has 6 nitrogen and oxygen atoms in total. The average molecular weight is 337 g/mol. The number of hydrogen-bond donors (Lipinski definition) is 2. The van der Waals surface area contributed by atoms with Gasteiger partial charge in [0, 0.05) is 31.7 Å². The minimum atomic E-state index is -0.374. The van der Waals surface area contributed by atoms with Crippen molar-refractivity contribution in [2.45, 2.75) is 32.5 Å². The van der Waals surface area contributed by atoms with Crippen LogP contribution in [-0.2, 0) is 4.74 Å². The van der Waals surface area contributed by atoms with Crippen molar-refractivity contribution in [1.82, 2.24) is 15.5 Å². The van der Waals surface area contributed by atoms with Crippen LogP contribution in [0.4, 0.5) is 9.18 Å². The Morgan fingerprint density at radius 3 is 2.33 bits per heavy atom. The Kier molecular flexibility index (Phi) is 6.54. The van der Waals surface area contributed by atoms with Crippen LogP contribution in [-0.4, -0.2) is 55.2 Å². The van der Waals surface area contributed by atoms with Gasteiger partial charge in [0.2, 0.25) is 0 Å². The number of rotatable bonds is 5. The van der Waals surface area contributed by atoms with Crippen molar-refractivity contribution in [3.8, 4) is 0 Å². The van der Waals surface area contributed by atoms with E-state index in [0.29, 0.717) is 38.2 Å². The van der Waals surface area contributed by atoms with Gasteiger partial charge >= 0.3 is 6.03 Å². The lowest BCUT2D eigenvalue weighted by Gasteiger charge is -2.35. The number of nitrogens with zero attached hydrogens (tertiary/aromatic N) is 1. The largest absolute Gasteiger partial charge is 0.372 e. The smallest absolute Gasteiger partial charge is 0.317 e. The summed E-state index contributed by atoms with van der Waals surface area (Å²) in [4.78, 5) is 25.7. The fraction of sp³-hybridized carbons (Fsp3) is 0.529. The third kappa shape index (κ3) is 5.49. The molecule has 0 bridgehead atoms. The van der Waals surface area contributed by atoms with Crippen molar-refractivity contribution in [3.05, 3.63) is 35.6 Å². The van der Waals surface area contributed by atoms with E-state index in [0.717, 1.165) is 0 Å². The van der Waals surface area contributed by atoms with Gasteiger partial charge < -0.3 is 20.3 Å². The van der Waals surface area contributed by atoms with E-state index in [1.165, 1.54) is 24.3 Å². The van der Waals surface area contributed by atoms with Gasteiger partial charge in [-0.05, 0) is 44.5 Å². The first-order valence-corrected chi connectivity index (χ1v) is 8.17. The lowest BCUT2D eigenvalue weighted by molar-refractivity contribution is -0.0545. The molecule has 1 heterocycles. The molecule has 1 aromatic carbocycles. The molecule has 2 rings (SSSR count). The summed E-state index contributed by atoms with van der Waals surface area (Å²) in [6.45, 7) is 5.96. The number of benzene rings is 1. The number of hydrogen-bond acceptors (Lipinski definition) is 3. The Labute approximate surface area is 141 Å². The Hall–Kier alpha value is -2.15. The zero-order valence-corrected chi connectivity index (χ0v) is 14.0. The van der Waals surface area contributed by atoms with Gasteiger partial charge in [-0.1, -0.05) is 0 Å². The molecule has 1 aliphatic heterocycles. The van der Waals surface area contributed by atoms with Crippen LogP contribution in [0.1, 0.15) is 30.6 Å². The van der Waals surface area contributed by atoms with Crippen LogP contribution >= 0.6 is 0 Å². The predicted octanol–water partition coefficient (Wildman–Crippen LogP) is 1.76. The monoisotopic (exact) mass is 337 g/mol. The van der Waals surface area contributed by atoms with E-state index in [2.05, 4.69) is 10.6 Å². The quantitative estimate of drug-likeness (QED) is 0.805. The number of nitrogens with one attached hydrogen (secondary N) is 2. The molecule has 2 N–H and O–H groups in total. The molecule has 0 aliphatic carbocycles. The van der Waals surface area contributed by atoms with Gasteiger partial charge in [0.05, 0.1) is 12.2 Å². The van der Waals surface area contributed by atoms with Crippen LogP contribution < -0.4 is 10.6 Å². The lowest BCUT2D eigenvalue weighted by Crippen LogP contribution is -2.51. The number of carbonyl (C=O) groups excluding carboxylic acids is 2. The highest BCUT2D eigenvalue weighted by Gasteiger charge is 2.25. The van der Waals surface area contributed by atoms with Crippen LogP contribution in [0.2, 0.25) is 0 Å². The molecule has 2 atom stereocenters. The predicted molar refractivity (Wildman–Crippen MR) is 88.3 cm³/mol. The van der Waals surface area contributed by atoms with Crippen molar-refractivity contribution < 1.29 is 18.7 Å². The molecule has 1 fully saturated rings. The first-order valence-electron chi connectivity index (χ1n) is 8.17. The summed E-state index contributed by atoms with van der Waals surface area (Å²) < 4.78 is 18.4. The average Bonchev–Trinajstić information content (AvgIpc) is 2.54. The van der Waals surface area contributed by atoms with Crippen LogP contribution in [0.25, 0.3) is 0 Å². The fourth-order valence-electron chi connectivity index (χ4n) is 2.64. The molecule has 1 aromatic rings. The maximum atomic E-state index is 12.8. The summed E-state index contributed by atoms with van der Waals surface area (Å²) in [5.41, 5.74) is 0.414. The van der Waals surface area contributed by atoms with Crippen LogP contribution in [0.3, 0.4) is 0 Å². The highest BCUT2D eigenvalue weighted by molar-refractivity contribution is 5.94. The van der Waals surface area contributed by atoms with Crippen LogP contribution in [0.15, 0.2) is 24.3 Å². The second kappa shape index (κ2) is 8.63. The fourth-order valence-corrected chi connectivity index (χ4v) is 2.64. The van der Waals surface area contributed by atoms with Crippen molar-refractivity contribution in [2.75, 3.05) is 26.2 Å². The normalized spacial score (nSPS) is 20.5. The second-order valence-corrected chi connectivity index (χ2v) is 6.01. The molecule has 1 saturated heterocycles. The Balaban J connectivity index is 1.63. The summed E-state index contributed by atoms with van der Waals surface area (Å²) in [6, 6.07) is 5.26. The third-order valence-electron chi connectivity index (χ3n) is 3.73. The third-order valence-corrected chi connectivity index (χ3v) is 3.73. The Morgan fingerprint density at radius 1 is 1.12 bits per heavy atom. The molecule has 0 spiro atoms. The van der Waals surface area contributed by atoms with Gasteiger partial charge in [0.1, 0.15) is 5.82 Å². The van der Waals surface area contributed by atoms with Gasteiger partial charge in [-0.15, -0.1) is 0 Å². The van der Waals surface area contributed by atoms with Crippen molar-refractivity contribution in [2.24, 2.45) is 0 Å². The molecule has 132 valence electrons. The van der Waals surface area contributed by atoms with Gasteiger partial charge in [0.25, 0.3) is 5.91 Å². The van der Waals surface area contributed by atoms with E-state index in [-0.39, 0.29) is 30.0 Å². The number of carbonyl (C=O) groups is 2. The zero-order valence-electron chi connectivity index (χ0n) is 14.0. The van der Waals surface area contributed by atoms with E-state index < -0.39 is 0 Å². The number of ether oxygens (including phenoxy) is 1. The first kappa shape index (κ1) is 18.2. The summed E-state index contributed by atoms with van der Waals surface area (Å²) in [6.07, 6.45) is 0.692. The molecular formula is C17H24FN3O3. The summed E-state index contributed by atoms with van der Waals surface area (Å²) in [5.74, 6) is -0.627. The summed E-state index contributed by atoms with van der Waals surface area (Å²) in [7, 11) is 0. The molecule has 1 aliphatic rings. The Bertz CT molecular complexity index is 555. The molecular weight excluding hydrogens is 313 g/mol. The number of halogens is 1. The van der Waals surface area contributed by atoms with E-state index in [4.69, 9.17) is 4.74 Å². The van der Waals surface area contributed by atoms with E-state index >= 15 is 0 Å². The standard InChI is InChI=1S/C17H24FN3O3/c1-12-10-21(11-13(2)24-12)17(23)20-9-3-8-19-16(22)14-4-6-15(18)7-5-14/h4-7,12-13H,3,8-11H2,1-2H3,(H,19,22)(H,20,23)/t12-,13+. The molecule has 24 heavy (non-hydrogen) atoms. The first-order chi connectivity index (χ1) is 11.5. The van der Waals surface area contributed by atoms with Gasteiger partial charge in [-0.2, -0.15) is 0 Å². The maximum Gasteiger partial charge on any atom is 0.317 e. The minimum absolute atomic E-state index is 0.0366. The van der Waals surface area contributed by atoms with Crippen LogP contribution in [0, 0.1) is 5.82 Å². The molecule has 0 aromatic heterocycles. The lowest BCUT2D eigenvalue weighted by atomic mass is 10.2. The van der Waals surface area contributed by atoms with E-state index in [1.54, 1.807) is 4.90 Å². The summed E-state index contributed by atoms with van der Waals surface area (Å²) >= 11 is 0. The molecule has 7 heteroatoms. The highest BCUT2D eigenvalue weighted by atomic mass is 19.1. The number of morpholine rings is 1. The van der Waals surface area contributed by atoms with Crippen molar-refractivity contribution in [1.29, 1.82) is 0 Å². The molecule has 0 unspecified atom stereocenters. The Morgan fingerprint density at radius 2 is 1.71 bits per heavy atom. The number of amides is 3. The topological polar surface area (TPSA) is 70.7 Å². The maximum absolute atomic E-state index is 12.8. The summed E-state index contributed by atoms with van der Waals surface area (Å²) in [5, 5.41) is 5.58. The van der Waals surface area contributed by atoms with Gasteiger partial charge in [0.15, 0.2) is 0 Å². The molecule has 3 amide bonds. The van der Waals surface area contributed by atoms with Crippen molar-refractivity contribution >= 4 is 11.9 Å². The molecule has 0 radical (unpaired) electrons. The van der Waals surface area contributed by atoms with E-state index in [9.17, 15) is 14.0 Å². The number of urea groups is 1. The van der Waals surface area contributed by atoms with Crippen molar-refractivity contribution in [3.63, 3.8) is 0 Å². The van der Waals surface area contributed by atoms with Gasteiger partial charge in [-0.3, -0.25) is 4.79 Å². The van der Waals surface area contributed by atoms with Crippen LogP contribution in [0.5, 0.6) is 0 Å². The highest BCUT2D eigenvalue weighted by Crippen LogP contribution is 2.10.